The number of aromatic nitrogens is 2. The Morgan fingerprint density at radius 1 is 1.44 bits per heavy atom. The van der Waals surface area contributed by atoms with Crippen LogP contribution in [-0.4, -0.2) is 29.5 Å². The first-order valence-electron chi connectivity index (χ1n) is 5.11. The van der Waals surface area contributed by atoms with Crippen LogP contribution in [-0.2, 0) is 14.6 Å². The van der Waals surface area contributed by atoms with E-state index in [-0.39, 0.29) is 5.16 Å². The van der Waals surface area contributed by atoms with Gasteiger partial charge in [0.05, 0.1) is 11.0 Å². The van der Waals surface area contributed by atoms with E-state index in [1.807, 2.05) is 0 Å². The smallest absolute Gasteiger partial charge is 0.235 e. The molecule has 1 amide bonds. The van der Waals surface area contributed by atoms with Crippen LogP contribution in [0.4, 0.5) is 5.69 Å². The van der Waals surface area contributed by atoms with Crippen LogP contribution >= 0.6 is 0 Å². The summed E-state index contributed by atoms with van der Waals surface area (Å²) >= 11 is 0. The molecule has 0 fully saturated rings. The highest BCUT2D eigenvalue weighted by Gasteiger charge is 2.30. The van der Waals surface area contributed by atoms with E-state index in [4.69, 9.17) is 11.5 Å². The number of fused-ring (bicyclic) bond motifs is 1. The number of anilines is 1. The fourth-order valence-electron chi connectivity index (χ4n) is 1.46. The molecule has 0 aliphatic carbocycles. The Labute approximate surface area is 103 Å². The number of H-pyrrole nitrogens is 1. The molecule has 96 valence electrons. The van der Waals surface area contributed by atoms with Crippen molar-refractivity contribution in [1.82, 2.24) is 9.97 Å². The summed E-state index contributed by atoms with van der Waals surface area (Å²) in [4.78, 5) is 17.5. The van der Waals surface area contributed by atoms with Crippen molar-refractivity contribution in [3.05, 3.63) is 18.2 Å². The van der Waals surface area contributed by atoms with Gasteiger partial charge in [0, 0.05) is 5.69 Å². The van der Waals surface area contributed by atoms with E-state index in [2.05, 4.69) is 9.97 Å². The van der Waals surface area contributed by atoms with Crippen molar-refractivity contribution in [1.29, 1.82) is 0 Å². The Morgan fingerprint density at radius 3 is 2.72 bits per heavy atom. The van der Waals surface area contributed by atoms with Crippen LogP contribution in [0.3, 0.4) is 0 Å². The van der Waals surface area contributed by atoms with Crippen LogP contribution in [0.2, 0.25) is 0 Å². The Morgan fingerprint density at radius 2 is 2.11 bits per heavy atom. The average Bonchev–Trinajstić information content (AvgIpc) is 2.71. The summed E-state index contributed by atoms with van der Waals surface area (Å²) < 4.78 is 24.0. The Bertz CT molecular complexity index is 720. The first kappa shape index (κ1) is 12.4. The monoisotopic (exact) mass is 268 g/mol. The van der Waals surface area contributed by atoms with E-state index in [0.717, 1.165) is 0 Å². The minimum atomic E-state index is -3.89. The highest BCUT2D eigenvalue weighted by Crippen LogP contribution is 2.19. The van der Waals surface area contributed by atoms with Crippen molar-refractivity contribution < 1.29 is 13.2 Å². The summed E-state index contributed by atoms with van der Waals surface area (Å²) in [7, 11) is -3.89. The van der Waals surface area contributed by atoms with E-state index < -0.39 is 21.0 Å². The zero-order chi connectivity index (χ0) is 13.5. The minimum Gasteiger partial charge on any atom is -0.399 e. The van der Waals surface area contributed by atoms with Crippen molar-refractivity contribution in [2.45, 2.75) is 17.3 Å². The summed E-state index contributed by atoms with van der Waals surface area (Å²) in [6, 6.07) is 4.77. The second-order valence-corrected chi connectivity index (χ2v) is 6.09. The molecule has 5 N–H and O–H groups in total. The summed E-state index contributed by atoms with van der Waals surface area (Å²) in [5.41, 5.74) is 12.0. The first-order valence-corrected chi connectivity index (χ1v) is 6.65. The van der Waals surface area contributed by atoms with Gasteiger partial charge in [-0.1, -0.05) is 0 Å². The lowest BCUT2D eigenvalue weighted by Crippen LogP contribution is -2.33. The summed E-state index contributed by atoms with van der Waals surface area (Å²) in [5, 5.41) is -1.62. The van der Waals surface area contributed by atoms with Gasteiger partial charge in [0.15, 0.2) is 0 Å². The zero-order valence-corrected chi connectivity index (χ0v) is 10.4. The molecule has 1 unspecified atom stereocenters. The number of nitrogens with two attached hydrogens (primary N) is 2. The fourth-order valence-corrected chi connectivity index (χ4v) is 2.58. The Balaban J connectivity index is 2.58. The zero-order valence-electron chi connectivity index (χ0n) is 9.54. The number of hydrogen-bond acceptors (Lipinski definition) is 5. The number of carbonyl (C=O) groups is 1. The highest BCUT2D eigenvalue weighted by atomic mass is 32.2. The molecular weight excluding hydrogens is 256 g/mol. The quantitative estimate of drug-likeness (QED) is 0.663. The summed E-state index contributed by atoms with van der Waals surface area (Å²) in [6.45, 7) is 1.22. The van der Waals surface area contributed by atoms with E-state index in [0.29, 0.717) is 16.7 Å². The molecule has 8 heteroatoms. The van der Waals surface area contributed by atoms with Gasteiger partial charge in [-0.2, -0.15) is 0 Å². The van der Waals surface area contributed by atoms with Gasteiger partial charge in [-0.25, -0.2) is 13.4 Å². The van der Waals surface area contributed by atoms with E-state index in [9.17, 15) is 13.2 Å². The molecule has 0 aliphatic heterocycles. The lowest BCUT2D eigenvalue weighted by Gasteiger charge is -2.05. The second kappa shape index (κ2) is 3.98. The highest BCUT2D eigenvalue weighted by molar-refractivity contribution is 7.92. The number of primary amides is 1. The molecule has 1 atom stereocenters. The van der Waals surface area contributed by atoms with Crippen LogP contribution in [0.5, 0.6) is 0 Å². The standard InChI is InChI=1S/C10H12N4O3S/c1-5(9(12)15)18(16,17)10-13-7-3-2-6(11)4-8(7)14-10/h2-5H,11H2,1H3,(H2,12,15)(H,13,14). The molecule has 7 nitrogen and oxygen atoms in total. The van der Waals surface area contributed by atoms with Crippen LogP contribution < -0.4 is 11.5 Å². The van der Waals surface area contributed by atoms with Crippen molar-refractivity contribution in [2.24, 2.45) is 5.73 Å². The number of benzene rings is 1. The topological polar surface area (TPSA) is 132 Å². The fraction of sp³-hybridized carbons (Fsp3) is 0.200. The van der Waals surface area contributed by atoms with Gasteiger partial charge < -0.3 is 16.5 Å². The Hall–Kier alpha value is -2.09. The number of rotatable bonds is 3. The molecule has 2 rings (SSSR count). The number of hydrogen-bond donors (Lipinski definition) is 3. The maximum Gasteiger partial charge on any atom is 0.235 e. The third-order valence-electron chi connectivity index (χ3n) is 2.62. The third-order valence-corrected chi connectivity index (χ3v) is 4.52. The lowest BCUT2D eigenvalue weighted by molar-refractivity contribution is -0.117. The molecule has 0 saturated carbocycles. The maximum absolute atomic E-state index is 12.0. The molecule has 18 heavy (non-hydrogen) atoms. The van der Waals surface area contributed by atoms with Crippen molar-refractivity contribution in [2.75, 3.05) is 5.73 Å². The van der Waals surface area contributed by atoms with Gasteiger partial charge in [0.2, 0.25) is 20.9 Å². The number of sulfone groups is 1. The van der Waals surface area contributed by atoms with Crippen molar-refractivity contribution >= 4 is 32.5 Å². The third kappa shape index (κ3) is 1.90. The van der Waals surface area contributed by atoms with Gasteiger partial charge in [0.1, 0.15) is 5.25 Å². The van der Waals surface area contributed by atoms with Gasteiger partial charge in [0.25, 0.3) is 0 Å². The molecule has 1 aromatic carbocycles. The number of nitrogens with zero attached hydrogens (tertiary/aromatic N) is 1. The molecule has 2 aromatic rings. The molecule has 0 bridgehead atoms. The van der Waals surface area contributed by atoms with Crippen LogP contribution in [0, 0.1) is 0 Å². The Kier molecular flexibility index (Phi) is 2.74. The number of nitrogen functional groups attached to an aromatic ring is 1. The van der Waals surface area contributed by atoms with E-state index in [1.54, 1.807) is 18.2 Å². The summed E-state index contributed by atoms with van der Waals surface area (Å²) in [5.74, 6) is -0.921. The largest absolute Gasteiger partial charge is 0.399 e. The molecule has 0 radical (unpaired) electrons. The number of aromatic amines is 1. The average molecular weight is 268 g/mol. The van der Waals surface area contributed by atoms with Crippen molar-refractivity contribution in [3.8, 4) is 0 Å². The number of nitrogens with one attached hydrogen (secondary N) is 1. The second-order valence-electron chi connectivity index (χ2n) is 3.91. The van der Waals surface area contributed by atoms with E-state index >= 15 is 0 Å². The number of amides is 1. The maximum atomic E-state index is 12.0. The summed E-state index contributed by atoms with van der Waals surface area (Å²) in [6.07, 6.45) is 0. The van der Waals surface area contributed by atoms with Gasteiger partial charge >= 0.3 is 0 Å². The van der Waals surface area contributed by atoms with Crippen molar-refractivity contribution in [3.63, 3.8) is 0 Å². The lowest BCUT2D eigenvalue weighted by atomic mass is 10.3. The molecule has 0 saturated heterocycles. The van der Waals surface area contributed by atoms with Gasteiger partial charge in [-0.3, -0.25) is 4.79 Å². The molecule has 1 aromatic heterocycles. The number of imidazole rings is 1. The van der Waals surface area contributed by atoms with Gasteiger partial charge in [-0.05, 0) is 25.1 Å². The van der Waals surface area contributed by atoms with E-state index in [1.165, 1.54) is 6.92 Å². The SMILES string of the molecule is CC(C(N)=O)S(=O)(=O)c1nc2ccc(N)cc2[nH]1. The minimum absolute atomic E-state index is 0.283. The number of carbonyl (C=O) groups excluding carboxylic acids is 1. The van der Waals surface area contributed by atoms with Crippen LogP contribution in [0.1, 0.15) is 6.92 Å². The van der Waals surface area contributed by atoms with Crippen LogP contribution in [0.15, 0.2) is 23.4 Å². The predicted octanol–water partition coefficient (Wildman–Crippen LogP) is -0.207. The molecule has 0 spiro atoms. The predicted molar refractivity (Wildman–Crippen MR) is 66.3 cm³/mol. The van der Waals surface area contributed by atoms with Crippen LogP contribution in [0.25, 0.3) is 11.0 Å². The normalized spacial score (nSPS) is 13.6. The van der Waals surface area contributed by atoms with Gasteiger partial charge in [-0.15, -0.1) is 0 Å². The molecule has 1 heterocycles. The molecule has 0 aliphatic rings. The first-order chi connectivity index (χ1) is 8.32. The molecular formula is C10H12N4O3S.